The van der Waals surface area contributed by atoms with Gasteiger partial charge in [0.05, 0.1) is 13.1 Å². The van der Waals surface area contributed by atoms with E-state index in [4.69, 9.17) is 9.73 Å². The quantitative estimate of drug-likeness (QED) is 0.476. The number of likely N-dealkylation sites (N-methyl/N-ethyl adjacent to an activating group) is 1. The molecule has 0 spiro atoms. The van der Waals surface area contributed by atoms with Gasteiger partial charge in [-0.2, -0.15) is 5.10 Å². The molecule has 164 valence electrons. The normalized spacial score (nSPS) is 16.6. The number of methoxy groups -OCH3 is 1. The minimum atomic E-state index is -0.206. The second-order valence-electron chi connectivity index (χ2n) is 7.56. The minimum Gasteiger partial charge on any atom is -0.377 e. The lowest BCUT2D eigenvalue weighted by atomic mass is 10.1. The fraction of sp³-hybridized carbons (Fsp3) is 0.571. The van der Waals surface area contributed by atoms with Crippen molar-refractivity contribution in [3.8, 4) is 0 Å². The maximum atomic E-state index is 13.0. The number of guanidine groups is 1. The van der Waals surface area contributed by atoms with Gasteiger partial charge in [0, 0.05) is 39.2 Å². The number of aliphatic imine (C=N–C) groups is 1. The Kier molecular flexibility index (Phi) is 8.15. The highest BCUT2D eigenvalue weighted by molar-refractivity contribution is 5.80. The highest BCUT2D eigenvalue weighted by atomic mass is 19.1. The summed E-state index contributed by atoms with van der Waals surface area (Å²) in [6, 6.07) is 6.89. The van der Waals surface area contributed by atoms with E-state index >= 15 is 0 Å². The number of halogens is 1. The van der Waals surface area contributed by atoms with Gasteiger partial charge < -0.3 is 20.3 Å². The molecule has 3 rings (SSSR count). The van der Waals surface area contributed by atoms with Gasteiger partial charge in [-0.1, -0.05) is 12.1 Å². The van der Waals surface area contributed by atoms with Crippen molar-refractivity contribution in [1.82, 2.24) is 30.3 Å². The number of fused-ring (bicyclic) bond motifs is 1. The van der Waals surface area contributed by atoms with Gasteiger partial charge >= 0.3 is 0 Å². The lowest BCUT2D eigenvalue weighted by Crippen LogP contribution is -2.47. The van der Waals surface area contributed by atoms with Crippen molar-refractivity contribution in [3.63, 3.8) is 0 Å². The Morgan fingerprint density at radius 2 is 2.17 bits per heavy atom. The first-order valence-corrected chi connectivity index (χ1v) is 10.5. The summed E-state index contributed by atoms with van der Waals surface area (Å²) in [5, 5.41) is 11.4. The Bertz CT molecular complexity index is 821. The molecule has 0 fully saturated rings. The van der Waals surface area contributed by atoms with E-state index in [0.29, 0.717) is 13.2 Å². The molecule has 1 unspecified atom stereocenters. The van der Waals surface area contributed by atoms with Gasteiger partial charge in [0.25, 0.3) is 0 Å². The molecule has 1 atom stereocenters. The number of rotatable bonds is 9. The van der Waals surface area contributed by atoms with E-state index in [-0.39, 0.29) is 11.9 Å². The first-order chi connectivity index (χ1) is 14.6. The number of aromatic nitrogens is 3. The number of hydrogen-bond donors (Lipinski definition) is 2. The number of ether oxygens (including phenoxy) is 1. The van der Waals surface area contributed by atoms with Gasteiger partial charge in [0.2, 0.25) is 0 Å². The molecular formula is C21H32FN7O. The molecule has 8 nitrogen and oxygen atoms in total. The largest absolute Gasteiger partial charge is 0.377 e. The maximum absolute atomic E-state index is 13.0. The minimum absolute atomic E-state index is 0.206. The molecule has 0 amide bonds. The van der Waals surface area contributed by atoms with Crippen LogP contribution in [0.5, 0.6) is 0 Å². The van der Waals surface area contributed by atoms with Crippen molar-refractivity contribution in [2.45, 2.75) is 45.5 Å². The summed E-state index contributed by atoms with van der Waals surface area (Å²) in [5.74, 6) is 2.36. The van der Waals surface area contributed by atoms with Crippen molar-refractivity contribution in [2.24, 2.45) is 4.99 Å². The van der Waals surface area contributed by atoms with Crippen LogP contribution in [0.25, 0.3) is 0 Å². The van der Waals surface area contributed by atoms with Gasteiger partial charge in [-0.15, -0.1) is 0 Å². The predicted molar refractivity (Wildman–Crippen MR) is 115 cm³/mol. The fourth-order valence-corrected chi connectivity index (χ4v) is 3.50. The van der Waals surface area contributed by atoms with Gasteiger partial charge in [0.1, 0.15) is 18.2 Å². The predicted octanol–water partition coefficient (Wildman–Crippen LogP) is 1.57. The van der Waals surface area contributed by atoms with Gasteiger partial charge in [-0.05, 0) is 38.1 Å². The molecule has 0 bridgehead atoms. The van der Waals surface area contributed by atoms with E-state index in [9.17, 15) is 4.39 Å². The highest BCUT2D eigenvalue weighted by Crippen LogP contribution is 2.13. The second-order valence-corrected chi connectivity index (χ2v) is 7.56. The number of hydrogen-bond acceptors (Lipinski definition) is 5. The fourth-order valence-electron chi connectivity index (χ4n) is 3.50. The van der Waals surface area contributed by atoms with Crippen LogP contribution in [-0.2, 0) is 30.9 Å². The number of benzene rings is 1. The number of aryl methyl sites for hydroxylation is 1. The first kappa shape index (κ1) is 22.2. The average molecular weight is 418 g/mol. The van der Waals surface area contributed by atoms with Crippen LogP contribution in [0, 0.1) is 5.82 Å². The van der Waals surface area contributed by atoms with Crippen LogP contribution in [0.2, 0.25) is 0 Å². The average Bonchev–Trinajstić information content (AvgIpc) is 3.12. The van der Waals surface area contributed by atoms with Crippen LogP contribution in [0.15, 0.2) is 29.3 Å². The van der Waals surface area contributed by atoms with E-state index in [1.807, 2.05) is 23.9 Å². The summed E-state index contributed by atoms with van der Waals surface area (Å²) in [6.45, 7) is 6.32. The highest BCUT2D eigenvalue weighted by Gasteiger charge is 2.22. The van der Waals surface area contributed by atoms with Crippen molar-refractivity contribution >= 4 is 5.96 Å². The molecule has 0 saturated carbocycles. The topological polar surface area (TPSA) is 79.6 Å². The summed E-state index contributed by atoms with van der Waals surface area (Å²) in [5.41, 5.74) is 1.09. The maximum Gasteiger partial charge on any atom is 0.191 e. The van der Waals surface area contributed by atoms with Crippen molar-refractivity contribution in [3.05, 3.63) is 47.3 Å². The standard InChI is InChI=1S/C21H32FN7O/c1-4-23-21(24-11-12-28(2)13-16-5-7-17(22)8-6-16)25-18-9-10-20-26-19(15-30-3)27-29(20)14-18/h5-8,18H,4,9-15H2,1-3H3,(H2,23,24,25). The third kappa shape index (κ3) is 6.50. The summed E-state index contributed by atoms with van der Waals surface area (Å²) in [6.07, 6.45) is 1.87. The summed E-state index contributed by atoms with van der Waals surface area (Å²) < 4.78 is 20.1. The molecule has 1 aromatic heterocycles. The Morgan fingerprint density at radius 1 is 1.37 bits per heavy atom. The molecular weight excluding hydrogens is 385 g/mol. The first-order valence-electron chi connectivity index (χ1n) is 10.5. The van der Waals surface area contributed by atoms with E-state index in [1.165, 1.54) is 12.1 Å². The van der Waals surface area contributed by atoms with E-state index in [1.54, 1.807) is 7.11 Å². The van der Waals surface area contributed by atoms with Crippen LogP contribution in [0.1, 0.15) is 30.6 Å². The molecule has 2 aromatic rings. The summed E-state index contributed by atoms with van der Waals surface area (Å²) >= 11 is 0. The monoisotopic (exact) mass is 417 g/mol. The van der Waals surface area contributed by atoms with Crippen molar-refractivity contribution in [1.29, 1.82) is 0 Å². The molecule has 30 heavy (non-hydrogen) atoms. The summed E-state index contributed by atoms with van der Waals surface area (Å²) in [7, 11) is 3.70. The molecule has 1 aliphatic rings. The van der Waals surface area contributed by atoms with E-state index in [2.05, 4.69) is 32.5 Å². The van der Waals surface area contributed by atoms with Crippen molar-refractivity contribution in [2.75, 3.05) is 33.8 Å². The number of nitrogens with one attached hydrogen (secondary N) is 2. The smallest absolute Gasteiger partial charge is 0.191 e. The second kappa shape index (κ2) is 11.0. The van der Waals surface area contributed by atoms with Gasteiger partial charge in [-0.25, -0.2) is 14.1 Å². The zero-order valence-electron chi connectivity index (χ0n) is 18.1. The molecule has 1 aromatic carbocycles. The molecule has 2 N–H and O–H groups in total. The van der Waals surface area contributed by atoms with Crippen LogP contribution in [0.4, 0.5) is 4.39 Å². The van der Waals surface area contributed by atoms with Gasteiger partial charge in [0.15, 0.2) is 11.8 Å². The third-order valence-electron chi connectivity index (χ3n) is 4.98. The molecule has 9 heteroatoms. The third-order valence-corrected chi connectivity index (χ3v) is 4.98. The zero-order chi connectivity index (χ0) is 21.3. The van der Waals surface area contributed by atoms with E-state index < -0.39 is 0 Å². The van der Waals surface area contributed by atoms with Crippen LogP contribution < -0.4 is 10.6 Å². The SMILES string of the molecule is CCNC(=NCCN(C)Cc1ccc(F)cc1)NC1CCc2nc(COC)nn2C1. The Balaban J connectivity index is 1.49. The Labute approximate surface area is 177 Å². The molecule has 0 aliphatic carbocycles. The molecule has 1 aliphatic heterocycles. The molecule has 2 heterocycles. The lowest BCUT2D eigenvalue weighted by molar-refractivity contribution is 0.177. The zero-order valence-corrected chi connectivity index (χ0v) is 18.1. The number of nitrogens with zero attached hydrogens (tertiary/aromatic N) is 5. The van der Waals surface area contributed by atoms with Gasteiger partial charge in [-0.3, -0.25) is 4.99 Å². The van der Waals surface area contributed by atoms with Crippen LogP contribution in [0.3, 0.4) is 0 Å². The molecule has 0 radical (unpaired) electrons. The van der Waals surface area contributed by atoms with Crippen LogP contribution in [-0.4, -0.2) is 65.5 Å². The van der Waals surface area contributed by atoms with Crippen molar-refractivity contribution < 1.29 is 9.13 Å². The Morgan fingerprint density at radius 3 is 2.90 bits per heavy atom. The van der Waals surface area contributed by atoms with Crippen LogP contribution >= 0.6 is 0 Å². The van der Waals surface area contributed by atoms with E-state index in [0.717, 1.165) is 62.2 Å². The summed E-state index contributed by atoms with van der Waals surface area (Å²) in [4.78, 5) is 11.4. The lowest BCUT2D eigenvalue weighted by Gasteiger charge is -2.25. The molecule has 0 saturated heterocycles. The Hall–Kier alpha value is -2.52.